The van der Waals surface area contributed by atoms with Crippen LogP contribution in [0.15, 0.2) is 27.8 Å². The molecule has 1 atom stereocenters. The van der Waals surface area contributed by atoms with Crippen molar-refractivity contribution in [3.8, 4) is 0 Å². The van der Waals surface area contributed by atoms with E-state index in [-0.39, 0.29) is 36.1 Å². The Labute approximate surface area is 166 Å². The summed E-state index contributed by atoms with van der Waals surface area (Å²) in [6.07, 6.45) is 3.24. The molecule has 7 nitrogen and oxygen atoms in total. The molecule has 0 aromatic carbocycles. The number of furan rings is 1. The molecule has 0 saturated carbocycles. The lowest BCUT2D eigenvalue weighted by Gasteiger charge is -2.36. The molecule has 1 unspecified atom stereocenters. The predicted molar refractivity (Wildman–Crippen MR) is 107 cm³/mol. The number of hydrogen-bond acceptors (Lipinski definition) is 5. The van der Waals surface area contributed by atoms with Crippen LogP contribution in [0, 0.1) is 0 Å². The fourth-order valence-electron chi connectivity index (χ4n) is 2.68. The van der Waals surface area contributed by atoms with Crippen LogP contribution in [0.5, 0.6) is 0 Å². The third-order valence-corrected chi connectivity index (χ3v) is 4.36. The summed E-state index contributed by atoms with van der Waals surface area (Å²) in [6, 6.07) is 3.50. The summed E-state index contributed by atoms with van der Waals surface area (Å²) in [5.74, 6) is 1.15. The van der Waals surface area contributed by atoms with Crippen LogP contribution in [0.4, 0.5) is 0 Å². The minimum absolute atomic E-state index is 0. The van der Waals surface area contributed by atoms with Crippen LogP contribution >= 0.6 is 24.0 Å². The number of aliphatic hydroxyl groups is 1. The van der Waals surface area contributed by atoms with Crippen molar-refractivity contribution in [2.75, 3.05) is 40.0 Å². The van der Waals surface area contributed by atoms with E-state index in [0.29, 0.717) is 31.5 Å². The molecule has 3 N–H and O–H groups in total. The summed E-state index contributed by atoms with van der Waals surface area (Å²) in [5, 5.41) is 17.0. The lowest BCUT2D eigenvalue weighted by Crippen LogP contribution is -2.51. The third-order valence-electron chi connectivity index (χ3n) is 4.36. The molecule has 0 spiro atoms. The zero-order chi connectivity index (χ0) is 17.5. The predicted octanol–water partition coefficient (Wildman–Crippen LogP) is 1.86. The molecule has 8 heteroatoms. The maximum absolute atomic E-state index is 10.5. The molecule has 1 aliphatic rings. The fourth-order valence-corrected chi connectivity index (χ4v) is 2.68. The van der Waals surface area contributed by atoms with Crippen molar-refractivity contribution >= 4 is 29.9 Å². The maximum Gasteiger partial charge on any atom is 0.191 e. The van der Waals surface area contributed by atoms with E-state index in [1.54, 1.807) is 32.4 Å². The van der Waals surface area contributed by atoms with Gasteiger partial charge in [-0.3, -0.25) is 0 Å². The highest BCUT2D eigenvalue weighted by Crippen LogP contribution is 2.24. The van der Waals surface area contributed by atoms with Crippen molar-refractivity contribution in [3.63, 3.8) is 0 Å². The van der Waals surface area contributed by atoms with Crippen molar-refractivity contribution < 1.29 is 19.0 Å². The van der Waals surface area contributed by atoms with Crippen LogP contribution in [0.2, 0.25) is 0 Å². The Balaban J connectivity index is 0.00000312. The van der Waals surface area contributed by atoms with Gasteiger partial charge in [-0.25, -0.2) is 4.99 Å². The van der Waals surface area contributed by atoms with E-state index >= 15 is 0 Å². The van der Waals surface area contributed by atoms with Crippen LogP contribution in [0.25, 0.3) is 0 Å². The Bertz CT molecular complexity index is 514. The summed E-state index contributed by atoms with van der Waals surface area (Å²) < 4.78 is 16.4. The second-order valence-corrected chi connectivity index (χ2v) is 6.30. The molecule has 1 aromatic rings. The Morgan fingerprint density at radius 3 is 2.68 bits per heavy atom. The van der Waals surface area contributed by atoms with Gasteiger partial charge in [0.1, 0.15) is 11.4 Å². The number of ether oxygens (including phenoxy) is 2. The average molecular weight is 467 g/mol. The highest BCUT2D eigenvalue weighted by molar-refractivity contribution is 14.0. The number of aliphatic imine (C=N–C) groups is 1. The SMILES string of the molecule is CCNC(=NCC(C)(O)c1ccco1)NCC1(OC)CCOCC1.I. The van der Waals surface area contributed by atoms with Crippen LogP contribution in [0.3, 0.4) is 0 Å². The second-order valence-electron chi connectivity index (χ2n) is 6.30. The maximum atomic E-state index is 10.5. The van der Waals surface area contributed by atoms with Gasteiger partial charge in [0.2, 0.25) is 0 Å². The van der Waals surface area contributed by atoms with Crippen LogP contribution in [-0.2, 0) is 15.1 Å². The Kier molecular flexibility index (Phi) is 9.19. The molecule has 0 amide bonds. The van der Waals surface area contributed by atoms with E-state index in [1.165, 1.54) is 0 Å². The summed E-state index contributed by atoms with van der Waals surface area (Å²) in [4.78, 5) is 4.49. The number of halogens is 1. The molecular weight excluding hydrogens is 437 g/mol. The van der Waals surface area contributed by atoms with Crippen molar-refractivity contribution in [1.29, 1.82) is 0 Å². The summed E-state index contributed by atoms with van der Waals surface area (Å²) in [7, 11) is 1.73. The third kappa shape index (κ3) is 6.43. The van der Waals surface area contributed by atoms with Crippen molar-refractivity contribution in [2.24, 2.45) is 4.99 Å². The van der Waals surface area contributed by atoms with Gasteiger partial charge in [0, 0.05) is 46.3 Å². The largest absolute Gasteiger partial charge is 0.466 e. The number of guanidine groups is 1. The molecule has 25 heavy (non-hydrogen) atoms. The lowest BCUT2D eigenvalue weighted by atomic mass is 9.94. The van der Waals surface area contributed by atoms with Gasteiger partial charge in [0.05, 0.1) is 18.4 Å². The fraction of sp³-hybridized carbons (Fsp3) is 0.706. The molecule has 0 radical (unpaired) electrons. The Morgan fingerprint density at radius 1 is 1.40 bits per heavy atom. The Hall–Kier alpha value is -0.840. The number of nitrogens with zero attached hydrogens (tertiary/aromatic N) is 1. The number of hydrogen-bond donors (Lipinski definition) is 3. The van der Waals surface area contributed by atoms with E-state index in [9.17, 15) is 5.11 Å². The summed E-state index contributed by atoms with van der Waals surface area (Å²) in [6.45, 7) is 6.67. The summed E-state index contributed by atoms with van der Waals surface area (Å²) >= 11 is 0. The van der Waals surface area contributed by atoms with Crippen LogP contribution in [0.1, 0.15) is 32.4 Å². The second kappa shape index (κ2) is 10.3. The molecule has 1 aliphatic heterocycles. The number of nitrogens with one attached hydrogen (secondary N) is 2. The minimum Gasteiger partial charge on any atom is -0.466 e. The Morgan fingerprint density at radius 2 is 2.12 bits per heavy atom. The molecule has 1 fully saturated rings. The summed E-state index contributed by atoms with van der Waals surface area (Å²) in [5.41, 5.74) is -1.39. The standard InChI is InChI=1S/C17H29N3O4.HI/c1-4-18-15(19-12-16(2,21)14-6-5-9-24-14)20-13-17(22-3)7-10-23-11-8-17;/h5-6,9,21H,4,7-8,10-13H2,1-3H3,(H2,18,19,20);1H. The normalized spacial score (nSPS) is 19.6. The van der Waals surface area contributed by atoms with Gasteiger partial charge in [0.15, 0.2) is 5.96 Å². The minimum atomic E-state index is -1.15. The smallest absolute Gasteiger partial charge is 0.191 e. The van der Waals surface area contributed by atoms with Gasteiger partial charge < -0.3 is 29.6 Å². The zero-order valence-electron chi connectivity index (χ0n) is 15.2. The van der Waals surface area contributed by atoms with Crippen molar-refractivity contribution in [1.82, 2.24) is 10.6 Å². The van der Waals surface area contributed by atoms with Crippen LogP contribution in [-0.4, -0.2) is 56.6 Å². The first kappa shape index (κ1) is 22.2. The van der Waals surface area contributed by atoms with Gasteiger partial charge in [-0.05, 0) is 26.0 Å². The first-order valence-corrected chi connectivity index (χ1v) is 8.43. The van der Waals surface area contributed by atoms with Crippen molar-refractivity contribution in [2.45, 2.75) is 37.9 Å². The van der Waals surface area contributed by atoms with Gasteiger partial charge in [-0.1, -0.05) is 0 Å². The van der Waals surface area contributed by atoms with E-state index in [1.807, 2.05) is 6.92 Å². The lowest BCUT2D eigenvalue weighted by molar-refractivity contribution is -0.0855. The molecule has 1 saturated heterocycles. The van der Waals surface area contributed by atoms with E-state index < -0.39 is 5.60 Å². The highest BCUT2D eigenvalue weighted by atomic mass is 127. The van der Waals surface area contributed by atoms with Crippen LogP contribution < -0.4 is 10.6 Å². The molecule has 2 rings (SSSR count). The first-order chi connectivity index (χ1) is 11.5. The van der Waals surface area contributed by atoms with Gasteiger partial charge in [0.25, 0.3) is 0 Å². The van der Waals surface area contributed by atoms with E-state index in [0.717, 1.165) is 19.4 Å². The van der Waals surface area contributed by atoms with Crippen molar-refractivity contribution in [3.05, 3.63) is 24.2 Å². The average Bonchev–Trinajstić information content (AvgIpc) is 3.14. The van der Waals surface area contributed by atoms with E-state index in [4.69, 9.17) is 13.9 Å². The molecule has 144 valence electrons. The zero-order valence-corrected chi connectivity index (χ0v) is 17.5. The van der Waals surface area contributed by atoms with Gasteiger partial charge in [-0.15, -0.1) is 24.0 Å². The molecular formula is C17H30IN3O4. The molecule has 2 heterocycles. The number of methoxy groups -OCH3 is 1. The molecule has 0 aliphatic carbocycles. The monoisotopic (exact) mass is 467 g/mol. The molecule has 1 aromatic heterocycles. The van der Waals surface area contributed by atoms with Gasteiger partial charge >= 0.3 is 0 Å². The van der Waals surface area contributed by atoms with E-state index in [2.05, 4.69) is 15.6 Å². The molecule has 0 bridgehead atoms. The first-order valence-electron chi connectivity index (χ1n) is 8.43. The number of rotatable bonds is 7. The van der Waals surface area contributed by atoms with Gasteiger partial charge in [-0.2, -0.15) is 0 Å². The highest BCUT2D eigenvalue weighted by Gasteiger charge is 2.32. The topological polar surface area (TPSA) is 88.3 Å². The quantitative estimate of drug-likeness (QED) is 0.323.